The van der Waals surface area contributed by atoms with E-state index in [2.05, 4.69) is 39.8 Å². The molecule has 0 saturated carbocycles. The molecule has 0 aliphatic rings. The van der Waals surface area contributed by atoms with Gasteiger partial charge in [0.15, 0.2) is 0 Å². The zero-order valence-corrected chi connectivity index (χ0v) is 28.0. The summed E-state index contributed by atoms with van der Waals surface area (Å²) in [6.45, 7) is 8.39. The molecular formula is C39H36O5S2. The average Bonchev–Trinajstić information content (AvgIpc) is 3.05. The van der Waals surface area contributed by atoms with Crippen LogP contribution in [-0.2, 0) is 12.8 Å². The summed E-state index contributed by atoms with van der Waals surface area (Å²) < 4.78 is 13.4. The van der Waals surface area contributed by atoms with Crippen molar-refractivity contribution in [2.24, 2.45) is 0 Å². The topological polar surface area (TPSA) is 72.8 Å². The first-order valence-corrected chi connectivity index (χ1v) is 17.1. The van der Waals surface area contributed by atoms with E-state index in [-0.39, 0.29) is 22.7 Å². The molecule has 0 spiro atoms. The summed E-state index contributed by atoms with van der Waals surface area (Å²) in [5, 5.41) is 12.5. The van der Waals surface area contributed by atoms with Gasteiger partial charge in [0.1, 0.15) is 30.8 Å². The van der Waals surface area contributed by atoms with Gasteiger partial charge in [-0.2, -0.15) is 0 Å². The van der Waals surface area contributed by atoms with Crippen LogP contribution < -0.4 is 19.0 Å². The average molecular weight is 649 g/mol. The Morgan fingerprint density at radius 3 is 1.43 bits per heavy atom. The standard InChI is InChI=1S/C39H36O5S2/c1-5-25-15-23(3)7-13-32(25)34-17-27-9-11-30(19-36(27)45-38(34)41)43-21-29(40)22-44-31-12-10-28-18-35(39(42)46-37(28)20-31)33-14-8-24(4)16-26(33)6-2/h7-20,29,40H,5-6,21-22H2,1-4H3. The van der Waals surface area contributed by atoms with Crippen LogP contribution in [0.3, 0.4) is 0 Å². The fraction of sp³-hybridized carbons (Fsp3) is 0.231. The maximum Gasteiger partial charge on any atom is 0.240 e. The van der Waals surface area contributed by atoms with Gasteiger partial charge >= 0.3 is 0 Å². The number of benzene rings is 4. The molecule has 0 radical (unpaired) electrons. The van der Waals surface area contributed by atoms with Gasteiger partial charge in [-0.1, -0.05) is 84.0 Å². The second-order valence-corrected chi connectivity index (χ2v) is 13.6. The predicted octanol–water partition coefficient (Wildman–Crippen LogP) is 8.73. The minimum atomic E-state index is -0.878. The zero-order valence-electron chi connectivity index (χ0n) is 26.4. The molecule has 234 valence electrons. The number of fused-ring (bicyclic) bond motifs is 2. The van der Waals surface area contributed by atoms with Crippen molar-refractivity contribution in [2.75, 3.05) is 13.2 Å². The summed E-state index contributed by atoms with van der Waals surface area (Å²) in [5.41, 5.74) is 8.09. The first-order valence-electron chi connectivity index (χ1n) is 15.5. The molecule has 6 rings (SSSR count). The van der Waals surface area contributed by atoms with Crippen molar-refractivity contribution in [1.29, 1.82) is 0 Å². The fourth-order valence-electron chi connectivity index (χ4n) is 5.73. The first kappa shape index (κ1) is 31.7. The number of aliphatic hydroxyl groups excluding tert-OH is 1. The van der Waals surface area contributed by atoms with Crippen molar-refractivity contribution in [1.82, 2.24) is 0 Å². The maximum atomic E-state index is 13.1. The van der Waals surface area contributed by atoms with Gasteiger partial charge in [-0.3, -0.25) is 9.59 Å². The van der Waals surface area contributed by atoms with Gasteiger partial charge in [-0.25, -0.2) is 0 Å². The normalized spacial score (nSPS) is 11.4. The van der Waals surface area contributed by atoms with Crippen LogP contribution >= 0.6 is 22.7 Å². The highest BCUT2D eigenvalue weighted by Gasteiger charge is 2.14. The number of hydrogen-bond acceptors (Lipinski definition) is 7. The van der Waals surface area contributed by atoms with E-state index >= 15 is 0 Å². The van der Waals surface area contributed by atoms with Crippen molar-refractivity contribution in [2.45, 2.75) is 46.6 Å². The van der Waals surface area contributed by atoms with Crippen molar-refractivity contribution in [3.05, 3.63) is 126 Å². The monoisotopic (exact) mass is 648 g/mol. The van der Waals surface area contributed by atoms with E-state index in [1.807, 2.05) is 72.8 Å². The Bertz CT molecular complexity index is 2020. The third-order valence-electron chi connectivity index (χ3n) is 8.16. The molecule has 0 amide bonds. The molecule has 46 heavy (non-hydrogen) atoms. The van der Waals surface area contributed by atoms with Crippen LogP contribution in [0.1, 0.15) is 36.1 Å². The summed E-state index contributed by atoms with van der Waals surface area (Å²) in [6.07, 6.45) is 0.835. The van der Waals surface area contributed by atoms with E-state index in [1.54, 1.807) is 0 Å². The Labute approximate surface area is 276 Å². The van der Waals surface area contributed by atoms with Crippen molar-refractivity contribution >= 4 is 42.8 Å². The molecule has 0 bridgehead atoms. The molecule has 5 nitrogen and oxygen atoms in total. The molecule has 1 N–H and O–H groups in total. The number of hydrogen-bond donors (Lipinski definition) is 1. The zero-order chi connectivity index (χ0) is 32.4. The number of ether oxygens (including phenoxy) is 2. The van der Waals surface area contributed by atoms with Crippen LogP contribution in [0.5, 0.6) is 11.5 Å². The third-order valence-corrected chi connectivity index (χ3v) is 10.1. The number of aliphatic hydroxyl groups is 1. The molecule has 0 aliphatic heterocycles. The van der Waals surface area contributed by atoms with E-state index in [9.17, 15) is 14.7 Å². The fourth-order valence-corrected chi connectivity index (χ4v) is 7.52. The van der Waals surface area contributed by atoms with Crippen LogP contribution in [0.25, 0.3) is 42.4 Å². The second kappa shape index (κ2) is 13.6. The smallest absolute Gasteiger partial charge is 0.240 e. The van der Waals surface area contributed by atoms with Crippen LogP contribution in [0, 0.1) is 13.8 Å². The lowest BCUT2D eigenvalue weighted by molar-refractivity contribution is 0.0627. The van der Waals surface area contributed by atoms with Gasteiger partial charge in [0.25, 0.3) is 0 Å². The van der Waals surface area contributed by atoms with Gasteiger partial charge < -0.3 is 14.6 Å². The van der Waals surface area contributed by atoms with Gasteiger partial charge in [-0.15, -0.1) is 0 Å². The van der Waals surface area contributed by atoms with E-state index in [0.717, 1.165) is 55.3 Å². The van der Waals surface area contributed by atoms with E-state index in [0.29, 0.717) is 22.6 Å². The minimum Gasteiger partial charge on any atom is -0.491 e. The summed E-state index contributed by atoms with van der Waals surface area (Å²) in [6, 6.07) is 27.6. The van der Waals surface area contributed by atoms with Crippen molar-refractivity contribution in [3.63, 3.8) is 0 Å². The van der Waals surface area contributed by atoms with Gasteiger partial charge in [0.2, 0.25) is 9.48 Å². The molecule has 0 saturated heterocycles. The molecule has 0 unspecified atom stereocenters. The Morgan fingerprint density at radius 1 is 0.587 bits per heavy atom. The highest BCUT2D eigenvalue weighted by atomic mass is 32.1. The summed E-state index contributed by atoms with van der Waals surface area (Å²) in [5.74, 6) is 1.15. The lowest BCUT2D eigenvalue weighted by Crippen LogP contribution is -2.25. The maximum absolute atomic E-state index is 13.1. The molecule has 0 fully saturated rings. The van der Waals surface area contributed by atoms with Crippen LogP contribution in [0.4, 0.5) is 0 Å². The molecule has 2 heterocycles. The molecule has 0 atom stereocenters. The highest BCUT2D eigenvalue weighted by molar-refractivity contribution is 7.16. The van der Waals surface area contributed by atoms with Gasteiger partial charge in [-0.05, 0) is 108 Å². The molecule has 2 aromatic heterocycles. The van der Waals surface area contributed by atoms with Crippen molar-refractivity contribution < 1.29 is 14.6 Å². The molecule has 4 aromatic carbocycles. The second-order valence-electron chi connectivity index (χ2n) is 11.6. The molecular weight excluding hydrogens is 613 g/mol. The molecule has 7 heteroatoms. The summed E-state index contributed by atoms with van der Waals surface area (Å²) in [4.78, 5) is 26.2. The minimum absolute atomic E-state index is 0.00845. The van der Waals surface area contributed by atoms with Gasteiger partial charge in [0, 0.05) is 20.5 Å². The summed E-state index contributed by atoms with van der Waals surface area (Å²) >= 11 is 2.40. The third kappa shape index (κ3) is 6.77. The Kier molecular flexibility index (Phi) is 9.36. The van der Waals surface area contributed by atoms with Crippen LogP contribution in [0.2, 0.25) is 0 Å². The Morgan fingerprint density at radius 2 is 1.02 bits per heavy atom. The lowest BCUT2D eigenvalue weighted by Gasteiger charge is -2.15. The number of rotatable bonds is 10. The van der Waals surface area contributed by atoms with E-state index < -0.39 is 6.10 Å². The Hall–Kier alpha value is -4.30. The predicted molar refractivity (Wildman–Crippen MR) is 192 cm³/mol. The molecule has 0 aliphatic carbocycles. The number of aryl methyl sites for hydroxylation is 4. The summed E-state index contributed by atoms with van der Waals surface area (Å²) in [7, 11) is 0. The van der Waals surface area contributed by atoms with Crippen molar-refractivity contribution in [3.8, 4) is 33.8 Å². The highest BCUT2D eigenvalue weighted by Crippen LogP contribution is 2.31. The van der Waals surface area contributed by atoms with Crippen LogP contribution in [0.15, 0.2) is 94.5 Å². The lowest BCUT2D eigenvalue weighted by atomic mass is 9.97. The first-order chi connectivity index (χ1) is 22.2. The van der Waals surface area contributed by atoms with Gasteiger partial charge in [0.05, 0.1) is 0 Å². The van der Waals surface area contributed by atoms with E-state index in [1.165, 1.54) is 33.8 Å². The SMILES string of the molecule is CCc1cc(C)ccc1-c1cc2ccc(OCC(O)COc3ccc4cc(-c5ccc(C)cc5CC)c(=O)sc4c3)cc2sc1=O. The van der Waals surface area contributed by atoms with Crippen LogP contribution in [-0.4, -0.2) is 24.4 Å². The van der Waals surface area contributed by atoms with E-state index in [4.69, 9.17) is 9.47 Å². The molecule has 6 aromatic rings. The quantitative estimate of drug-likeness (QED) is 0.161. The largest absolute Gasteiger partial charge is 0.491 e. The Balaban J connectivity index is 1.11.